The van der Waals surface area contributed by atoms with Gasteiger partial charge in [0.05, 0.1) is 22.9 Å². The molecule has 0 bridgehead atoms. The van der Waals surface area contributed by atoms with E-state index in [-0.39, 0.29) is 0 Å². The van der Waals surface area contributed by atoms with Crippen LogP contribution in [0.25, 0.3) is 16.9 Å². The summed E-state index contributed by atoms with van der Waals surface area (Å²) in [4.78, 5) is 13.5. The van der Waals surface area contributed by atoms with Gasteiger partial charge in [0, 0.05) is 6.20 Å². The highest BCUT2D eigenvalue weighted by Crippen LogP contribution is 2.18. The summed E-state index contributed by atoms with van der Waals surface area (Å²) in [7, 11) is 0. The molecular formula is C16H17N5. The standard InChI is InChI=1S/C16H17N5/c1-2-4-15-14(3-1)19-11-21(15)16-10-18-9-13(20-16)7-12-5-6-17-8-12/h1-4,9-12,17H,5-8H2. The minimum atomic E-state index is 0.675. The molecule has 1 unspecified atom stereocenters. The molecule has 1 aliphatic heterocycles. The third-order valence-corrected chi connectivity index (χ3v) is 4.03. The van der Waals surface area contributed by atoms with Gasteiger partial charge in [0.15, 0.2) is 5.82 Å². The van der Waals surface area contributed by atoms with Crippen LogP contribution in [-0.2, 0) is 6.42 Å². The lowest BCUT2D eigenvalue weighted by atomic mass is 10.0. The molecule has 2 aromatic heterocycles. The van der Waals surface area contributed by atoms with Crippen LogP contribution in [0.15, 0.2) is 43.0 Å². The number of rotatable bonds is 3. The molecule has 0 saturated carbocycles. The highest BCUT2D eigenvalue weighted by atomic mass is 15.1. The number of imidazole rings is 1. The SMILES string of the molecule is c1ccc2c(c1)ncn2-c1cncc(CC2CCNC2)n1. The van der Waals surface area contributed by atoms with E-state index in [1.54, 1.807) is 6.20 Å². The first-order valence-corrected chi connectivity index (χ1v) is 7.34. The Morgan fingerprint density at radius 3 is 3.10 bits per heavy atom. The number of nitrogens with zero attached hydrogens (tertiary/aromatic N) is 4. The molecule has 1 saturated heterocycles. The first-order valence-electron chi connectivity index (χ1n) is 7.34. The fourth-order valence-electron chi connectivity index (χ4n) is 2.94. The number of hydrogen-bond donors (Lipinski definition) is 1. The first-order chi connectivity index (χ1) is 10.4. The summed E-state index contributed by atoms with van der Waals surface area (Å²) in [5, 5.41) is 3.40. The van der Waals surface area contributed by atoms with Crippen LogP contribution in [0.2, 0.25) is 0 Å². The van der Waals surface area contributed by atoms with Crippen molar-refractivity contribution in [3.63, 3.8) is 0 Å². The Hall–Kier alpha value is -2.27. The summed E-state index contributed by atoms with van der Waals surface area (Å²) in [6.07, 6.45) is 7.70. The maximum absolute atomic E-state index is 4.76. The van der Waals surface area contributed by atoms with Crippen LogP contribution < -0.4 is 5.32 Å². The Bertz CT molecular complexity index is 758. The highest BCUT2D eigenvalue weighted by molar-refractivity contribution is 5.76. The van der Waals surface area contributed by atoms with Gasteiger partial charge in [-0.3, -0.25) is 9.55 Å². The second-order valence-corrected chi connectivity index (χ2v) is 5.53. The van der Waals surface area contributed by atoms with Crippen molar-refractivity contribution in [1.29, 1.82) is 0 Å². The number of benzene rings is 1. The summed E-state index contributed by atoms with van der Waals surface area (Å²) in [6, 6.07) is 8.07. The average Bonchev–Trinajstić information content (AvgIpc) is 3.16. The quantitative estimate of drug-likeness (QED) is 0.796. The van der Waals surface area contributed by atoms with Gasteiger partial charge in [-0.05, 0) is 44.0 Å². The molecule has 0 radical (unpaired) electrons. The Morgan fingerprint density at radius 1 is 1.24 bits per heavy atom. The molecule has 1 fully saturated rings. The van der Waals surface area contributed by atoms with Gasteiger partial charge < -0.3 is 5.32 Å². The van der Waals surface area contributed by atoms with Crippen LogP contribution in [0.5, 0.6) is 0 Å². The Morgan fingerprint density at radius 2 is 2.19 bits per heavy atom. The summed E-state index contributed by atoms with van der Waals surface area (Å²) >= 11 is 0. The minimum absolute atomic E-state index is 0.675. The van der Waals surface area contributed by atoms with Crippen LogP contribution in [0.1, 0.15) is 12.1 Å². The zero-order valence-electron chi connectivity index (χ0n) is 11.7. The van der Waals surface area contributed by atoms with E-state index in [0.717, 1.165) is 42.1 Å². The van der Waals surface area contributed by atoms with Crippen LogP contribution in [0, 0.1) is 5.92 Å². The molecular weight excluding hydrogens is 262 g/mol. The third-order valence-electron chi connectivity index (χ3n) is 4.03. The molecule has 5 nitrogen and oxygen atoms in total. The lowest BCUT2D eigenvalue weighted by molar-refractivity contribution is 0.569. The van der Waals surface area contributed by atoms with Crippen LogP contribution in [0.3, 0.4) is 0 Å². The van der Waals surface area contributed by atoms with E-state index >= 15 is 0 Å². The predicted octanol–water partition coefficient (Wildman–Crippen LogP) is 1.97. The lowest BCUT2D eigenvalue weighted by Crippen LogP contribution is -2.12. The van der Waals surface area contributed by atoms with E-state index in [1.165, 1.54) is 6.42 Å². The second-order valence-electron chi connectivity index (χ2n) is 5.53. The molecule has 5 heteroatoms. The van der Waals surface area contributed by atoms with E-state index in [2.05, 4.69) is 21.4 Å². The minimum Gasteiger partial charge on any atom is -0.316 e. The van der Waals surface area contributed by atoms with Crippen molar-refractivity contribution in [3.8, 4) is 5.82 Å². The van der Waals surface area contributed by atoms with Crippen LogP contribution in [0.4, 0.5) is 0 Å². The summed E-state index contributed by atoms with van der Waals surface area (Å²) in [5.41, 5.74) is 3.09. The topological polar surface area (TPSA) is 55.6 Å². The molecule has 21 heavy (non-hydrogen) atoms. The zero-order chi connectivity index (χ0) is 14.1. The van der Waals surface area contributed by atoms with Gasteiger partial charge in [-0.1, -0.05) is 12.1 Å². The molecule has 1 aliphatic rings. The number of hydrogen-bond acceptors (Lipinski definition) is 4. The van der Waals surface area contributed by atoms with Crippen molar-refractivity contribution in [2.75, 3.05) is 13.1 Å². The second kappa shape index (κ2) is 5.26. The van der Waals surface area contributed by atoms with E-state index in [0.29, 0.717) is 5.92 Å². The van der Waals surface area contributed by atoms with Gasteiger partial charge in [-0.15, -0.1) is 0 Å². The highest BCUT2D eigenvalue weighted by Gasteiger charge is 2.16. The number of fused-ring (bicyclic) bond motifs is 1. The first kappa shape index (κ1) is 12.5. The summed E-state index contributed by atoms with van der Waals surface area (Å²) in [5.74, 6) is 1.52. The molecule has 1 aromatic carbocycles. The normalized spacial score (nSPS) is 18.4. The van der Waals surface area contributed by atoms with Gasteiger partial charge in [0.2, 0.25) is 0 Å². The fraction of sp³-hybridized carbons (Fsp3) is 0.312. The molecule has 0 spiro atoms. The molecule has 106 valence electrons. The zero-order valence-corrected chi connectivity index (χ0v) is 11.7. The molecule has 1 N–H and O–H groups in total. The smallest absolute Gasteiger partial charge is 0.157 e. The van der Waals surface area contributed by atoms with Crippen LogP contribution >= 0.6 is 0 Å². The van der Waals surface area contributed by atoms with E-state index in [9.17, 15) is 0 Å². The average molecular weight is 279 g/mol. The van der Waals surface area contributed by atoms with Crippen molar-refractivity contribution in [1.82, 2.24) is 24.8 Å². The van der Waals surface area contributed by atoms with Gasteiger partial charge in [-0.2, -0.15) is 0 Å². The molecule has 3 aromatic rings. The number of nitrogens with one attached hydrogen (secondary N) is 1. The Balaban J connectivity index is 1.68. The maximum Gasteiger partial charge on any atom is 0.157 e. The largest absolute Gasteiger partial charge is 0.316 e. The van der Waals surface area contributed by atoms with Crippen molar-refractivity contribution in [2.45, 2.75) is 12.8 Å². The van der Waals surface area contributed by atoms with Gasteiger partial charge in [0.1, 0.15) is 6.33 Å². The van der Waals surface area contributed by atoms with Gasteiger partial charge in [-0.25, -0.2) is 9.97 Å². The summed E-state index contributed by atoms with van der Waals surface area (Å²) in [6.45, 7) is 2.20. The predicted molar refractivity (Wildman–Crippen MR) is 81.3 cm³/mol. The van der Waals surface area contributed by atoms with Crippen molar-refractivity contribution in [2.24, 2.45) is 5.92 Å². The number of para-hydroxylation sites is 2. The lowest BCUT2D eigenvalue weighted by Gasteiger charge is -2.09. The van der Waals surface area contributed by atoms with Gasteiger partial charge in [0.25, 0.3) is 0 Å². The van der Waals surface area contributed by atoms with Crippen molar-refractivity contribution >= 4 is 11.0 Å². The summed E-state index contributed by atoms with van der Waals surface area (Å²) < 4.78 is 2.00. The monoisotopic (exact) mass is 279 g/mol. The van der Waals surface area contributed by atoms with E-state index < -0.39 is 0 Å². The Labute approximate surface area is 123 Å². The van der Waals surface area contributed by atoms with E-state index in [4.69, 9.17) is 4.98 Å². The van der Waals surface area contributed by atoms with Crippen molar-refractivity contribution in [3.05, 3.63) is 48.7 Å². The molecule has 0 aliphatic carbocycles. The fourth-order valence-corrected chi connectivity index (χ4v) is 2.94. The van der Waals surface area contributed by atoms with Gasteiger partial charge >= 0.3 is 0 Å². The third kappa shape index (κ3) is 2.40. The molecule has 1 atom stereocenters. The molecule has 0 amide bonds. The van der Waals surface area contributed by atoms with Crippen molar-refractivity contribution < 1.29 is 0 Å². The molecule has 3 heterocycles. The Kier molecular flexibility index (Phi) is 3.12. The molecule has 4 rings (SSSR count). The van der Waals surface area contributed by atoms with E-state index in [1.807, 2.05) is 35.3 Å². The number of aromatic nitrogens is 4. The van der Waals surface area contributed by atoms with Crippen LogP contribution in [-0.4, -0.2) is 32.6 Å². The maximum atomic E-state index is 4.76.